The van der Waals surface area contributed by atoms with Gasteiger partial charge < -0.3 is 5.11 Å². The quantitative estimate of drug-likeness (QED) is 0.573. The molecular formula is C8H17NO. The highest BCUT2D eigenvalue weighted by atomic mass is 16.3. The van der Waals surface area contributed by atoms with Crippen molar-refractivity contribution in [2.24, 2.45) is 17.8 Å². The first-order chi connectivity index (χ1) is 4.68. The van der Waals surface area contributed by atoms with E-state index in [2.05, 4.69) is 26.1 Å². The van der Waals surface area contributed by atoms with Crippen LogP contribution in [0.2, 0.25) is 0 Å². The lowest BCUT2D eigenvalue weighted by Gasteiger charge is -2.10. The van der Waals surface area contributed by atoms with E-state index in [9.17, 15) is 0 Å². The van der Waals surface area contributed by atoms with Crippen LogP contribution in [0.1, 0.15) is 20.8 Å². The summed E-state index contributed by atoms with van der Waals surface area (Å²) in [5, 5.41) is 11.6. The van der Waals surface area contributed by atoms with Crippen molar-refractivity contribution in [2.75, 3.05) is 6.73 Å². The molecule has 1 aliphatic carbocycles. The van der Waals surface area contributed by atoms with Crippen LogP contribution in [-0.4, -0.2) is 17.9 Å². The van der Waals surface area contributed by atoms with Gasteiger partial charge in [-0.05, 0) is 24.7 Å². The van der Waals surface area contributed by atoms with Crippen molar-refractivity contribution in [3.63, 3.8) is 0 Å². The number of rotatable bonds is 3. The Kier molecular flexibility index (Phi) is 2.32. The molecule has 0 radical (unpaired) electrons. The molecule has 3 unspecified atom stereocenters. The third-order valence-corrected chi connectivity index (χ3v) is 2.89. The molecule has 60 valence electrons. The normalized spacial score (nSPS) is 41.4. The number of hydrogen-bond donors (Lipinski definition) is 2. The lowest BCUT2D eigenvalue weighted by Crippen LogP contribution is -2.29. The Morgan fingerprint density at radius 1 is 1.40 bits per heavy atom. The molecule has 0 heterocycles. The van der Waals surface area contributed by atoms with E-state index in [0.29, 0.717) is 6.04 Å². The molecule has 0 aromatic carbocycles. The number of hydrogen-bond acceptors (Lipinski definition) is 2. The van der Waals surface area contributed by atoms with Gasteiger partial charge in [0.1, 0.15) is 0 Å². The Hall–Kier alpha value is -0.0800. The van der Waals surface area contributed by atoms with Gasteiger partial charge in [0.2, 0.25) is 0 Å². The summed E-state index contributed by atoms with van der Waals surface area (Å²) in [7, 11) is 0. The van der Waals surface area contributed by atoms with E-state index in [1.807, 2.05) is 0 Å². The molecule has 2 nitrogen and oxygen atoms in total. The van der Waals surface area contributed by atoms with Crippen LogP contribution in [0.5, 0.6) is 0 Å². The summed E-state index contributed by atoms with van der Waals surface area (Å²) in [6.07, 6.45) is 0. The van der Waals surface area contributed by atoms with Crippen molar-refractivity contribution < 1.29 is 5.11 Å². The molecule has 0 bridgehead atoms. The maximum absolute atomic E-state index is 8.57. The van der Waals surface area contributed by atoms with Crippen molar-refractivity contribution >= 4 is 0 Å². The van der Waals surface area contributed by atoms with Crippen LogP contribution in [0.15, 0.2) is 0 Å². The molecule has 0 aliphatic heterocycles. The van der Waals surface area contributed by atoms with E-state index >= 15 is 0 Å². The zero-order valence-electron chi connectivity index (χ0n) is 6.96. The highest BCUT2D eigenvalue weighted by Gasteiger charge is 2.45. The molecule has 0 aromatic rings. The van der Waals surface area contributed by atoms with Crippen LogP contribution in [0.3, 0.4) is 0 Å². The molecule has 2 heteroatoms. The Balaban J connectivity index is 2.24. The zero-order valence-corrected chi connectivity index (χ0v) is 6.96. The molecule has 1 fully saturated rings. The van der Waals surface area contributed by atoms with Crippen LogP contribution < -0.4 is 5.32 Å². The predicted molar refractivity (Wildman–Crippen MR) is 41.5 cm³/mol. The summed E-state index contributed by atoms with van der Waals surface area (Å²) < 4.78 is 0. The third kappa shape index (κ3) is 1.32. The Labute approximate surface area is 62.6 Å². The zero-order chi connectivity index (χ0) is 7.72. The van der Waals surface area contributed by atoms with Crippen molar-refractivity contribution in [1.29, 1.82) is 0 Å². The molecule has 2 N–H and O–H groups in total. The third-order valence-electron chi connectivity index (χ3n) is 2.89. The van der Waals surface area contributed by atoms with Crippen LogP contribution in [-0.2, 0) is 0 Å². The van der Waals surface area contributed by atoms with Gasteiger partial charge in [0.05, 0.1) is 6.73 Å². The standard InChI is InChI=1S/C8H17NO/c1-5-6(2)8(5)7(3)9-4-10/h5-10H,4H2,1-3H3. The fraction of sp³-hybridized carbons (Fsp3) is 1.00. The van der Waals surface area contributed by atoms with Gasteiger partial charge in [0, 0.05) is 6.04 Å². The molecule has 1 rings (SSSR count). The SMILES string of the molecule is CC(NCO)C1C(C)C1C. The van der Waals surface area contributed by atoms with Crippen LogP contribution in [0.25, 0.3) is 0 Å². The van der Waals surface area contributed by atoms with Gasteiger partial charge in [-0.25, -0.2) is 0 Å². The molecule has 0 amide bonds. The predicted octanol–water partition coefficient (Wildman–Crippen LogP) is 0.816. The maximum atomic E-state index is 8.57. The van der Waals surface area contributed by atoms with Crippen molar-refractivity contribution in [3.8, 4) is 0 Å². The van der Waals surface area contributed by atoms with Gasteiger partial charge >= 0.3 is 0 Å². The first-order valence-corrected chi connectivity index (χ1v) is 4.02. The Bertz CT molecular complexity index is 108. The van der Waals surface area contributed by atoms with Gasteiger partial charge in [0.15, 0.2) is 0 Å². The molecular weight excluding hydrogens is 126 g/mol. The van der Waals surface area contributed by atoms with Crippen LogP contribution in [0.4, 0.5) is 0 Å². The Morgan fingerprint density at radius 3 is 2.20 bits per heavy atom. The largest absolute Gasteiger partial charge is 0.381 e. The minimum Gasteiger partial charge on any atom is -0.381 e. The van der Waals surface area contributed by atoms with Crippen molar-refractivity contribution in [3.05, 3.63) is 0 Å². The second-order valence-corrected chi connectivity index (χ2v) is 3.45. The average Bonchev–Trinajstić information content (AvgIpc) is 2.42. The fourth-order valence-electron chi connectivity index (χ4n) is 1.89. The molecule has 1 saturated carbocycles. The van der Waals surface area contributed by atoms with E-state index < -0.39 is 0 Å². The van der Waals surface area contributed by atoms with E-state index in [1.165, 1.54) is 0 Å². The first-order valence-electron chi connectivity index (χ1n) is 4.02. The van der Waals surface area contributed by atoms with Crippen molar-refractivity contribution in [1.82, 2.24) is 5.32 Å². The van der Waals surface area contributed by atoms with Gasteiger partial charge in [-0.15, -0.1) is 0 Å². The number of aliphatic hydroxyl groups is 1. The van der Waals surface area contributed by atoms with Crippen LogP contribution in [0, 0.1) is 17.8 Å². The minimum atomic E-state index is 0.108. The van der Waals surface area contributed by atoms with Gasteiger partial charge in [0.25, 0.3) is 0 Å². The summed E-state index contributed by atoms with van der Waals surface area (Å²) in [6.45, 7) is 6.79. The number of aliphatic hydroxyl groups excluding tert-OH is 1. The molecule has 3 atom stereocenters. The summed E-state index contributed by atoms with van der Waals surface area (Å²) >= 11 is 0. The van der Waals surface area contributed by atoms with E-state index in [-0.39, 0.29) is 6.73 Å². The summed E-state index contributed by atoms with van der Waals surface area (Å²) in [5.41, 5.74) is 0. The molecule has 0 spiro atoms. The maximum Gasteiger partial charge on any atom is 0.0933 e. The molecule has 10 heavy (non-hydrogen) atoms. The van der Waals surface area contributed by atoms with E-state index in [0.717, 1.165) is 17.8 Å². The highest BCUT2D eigenvalue weighted by Crippen LogP contribution is 2.47. The van der Waals surface area contributed by atoms with Gasteiger partial charge in [-0.2, -0.15) is 0 Å². The average molecular weight is 143 g/mol. The highest BCUT2D eigenvalue weighted by molar-refractivity contribution is 4.96. The van der Waals surface area contributed by atoms with Crippen LogP contribution >= 0.6 is 0 Å². The number of nitrogens with one attached hydrogen (secondary N) is 1. The summed E-state index contributed by atoms with van der Waals surface area (Å²) in [5.74, 6) is 2.47. The van der Waals surface area contributed by atoms with E-state index in [4.69, 9.17) is 5.11 Å². The monoisotopic (exact) mass is 143 g/mol. The lowest BCUT2D eigenvalue weighted by molar-refractivity contribution is 0.235. The van der Waals surface area contributed by atoms with Crippen molar-refractivity contribution in [2.45, 2.75) is 26.8 Å². The Morgan fingerprint density at radius 2 is 1.90 bits per heavy atom. The van der Waals surface area contributed by atoms with Gasteiger partial charge in [-0.1, -0.05) is 13.8 Å². The first kappa shape index (κ1) is 8.02. The molecule has 1 aliphatic rings. The van der Waals surface area contributed by atoms with Gasteiger partial charge in [-0.3, -0.25) is 5.32 Å². The second kappa shape index (κ2) is 2.89. The minimum absolute atomic E-state index is 0.108. The summed E-state index contributed by atoms with van der Waals surface area (Å²) in [4.78, 5) is 0. The lowest BCUT2D eigenvalue weighted by atomic mass is 10.2. The smallest absolute Gasteiger partial charge is 0.0933 e. The van der Waals surface area contributed by atoms with E-state index in [1.54, 1.807) is 0 Å². The fourth-order valence-corrected chi connectivity index (χ4v) is 1.89. The molecule has 0 saturated heterocycles. The topological polar surface area (TPSA) is 32.3 Å². The molecule has 0 aromatic heterocycles. The summed E-state index contributed by atoms with van der Waals surface area (Å²) in [6, 6.07) is 0.481. The second-order valence-electron chi connectivity index (χ2n) is 3.45.